The maximum atomic E-state index is 13.1. The second-order valence-corrected chi connectivity index (χ2v) is 6.10. The van der Waals surface area contributed by atoms with Crippen molar-refractivity contribution in [2.45, 2.75) is 26.1 Å². The Morgan fingerprint density at radius 3 is 2.56 bits per heavy atom. The van der Waals surface area contributed by atoms with Crippen molar-refractivity contribution in [2.75, 3.05) is 19.8 Å². The molecule has 2 aromatic carbocycles. The molecule has 0 saturated carbocycles. The highest BCUT2D eigenvalue weighted by molar-refractivity contribution is 5.25. The summed E-state index contributed by atoms with van der Waals surface area (Å²) in [6, 6.07) is 14.6. The highest BCUT2D eigenvalue weighted by Crippen LogP contribution is 2.14. The van der Waals surface area contributed by atoms with Crippen LogP contribution in [-0.2, 0) is 17.8 Å². The molecule has 2 rings (SSSR count). The summed E-state index contributed by atoms with van der Waals surface area (Å²) in [5, 5.41) is 10.2. The molecule has 0 spiro atoms. The zero-order valence-corrected chi connectivity index (χ0v) is 14.5. The van der Waals surface area contributed by atoms with E-state index in [1.54, 1.807) is 12.1 Å². The van der Waals surface area contributed by atoms with Crippen molar-refractivity contribution in [1.29, 1.82) is 0 Å². The number of aliphatic hydroxyl groups is 1. The van der Waals surface area contributed by atoms with Crippen LogP contribution in [0.2, 0.25) is 0 Å². The van der Waals surface area contributed by atoms with E-state index >= 15 is 0 Å². The first kappa shape index (κ1) is 19.1. The van der Waals surface area contributed by atoms with Crippen molar-refractivity contribution in [3.8, 4) is 12.3 Å². The lowest BCUT2D eigenvalue weighted by Gasteiger charge is -2.26. The molecule has 2 aromatic rings. The summed E-state index contributed by atoms with van der Waals surface area (Å²) in [7, 11) is 0. The minimum atomic E-state index is -0.641. The SMILES string of the molecule is C#CCOCC(O)CN(Cc1ccc(F)cc1)Cc1ccccc1C. The minimum absolute atomic E-state index is 0.187. The van der Waals surface area contributed by atoms with Crippen molar-refractivity contribution in [2.24, 2.45) is 0 Å². The Morgan fingerprint density at radius 2 is 1.88 bits per heavy atom. The molecule has 0 bridgehead atoms. The molecule has 3 nitrogen and oxygen atoms in total. The van der Waals surface area contributed by atoms with Gasteiger partial charge in [0.2, 0.25) is 0 Å². The first-order chi connectivity index (χ1) is 12.1. The molecule has 0 saturated heterocycles. The first-order valence-electron chi connectivity index (χ1n) is 8.29. The van der Waals surface area contributed by atoms with E-state index in [9.17, 15) is 9.50 Å². The van der Waals surface area contributed by atoms with E-state index in [2.05, 4.69) is 29.9 Å². The number of halogens is 1. The molecule has 0 heterocycles. The van der Waals surface area contributed by atoms with Gasteiger partial charge < -0.3 is 9.84 Å². The second kappa shape index (κ2) is 9.95. The summed E-state index contributed by atoms with van der Waals surface area (Å²) >= 11 is 0. The van der Waals surface area contributed by atoms with E-state index < -0.39 is 6.10 Å². The van der Waals surface area contributed by atoms with Crippen LogP contribution < -0.4 is 0 Å². The summed E-state index contributed by atoms with van der Waals surface area (Å²) in [4.78, 5) is 2.12. The van der Waals surface area contributed by atoms with E-state index in [1.165, 1.54) is 23.3 Å². The van der Waals surface area contributed by atoms with Crippen LogP contribution in [0.1, 0.15) is 16.7 Å². The molecule has 1 unspecified atom stereocenters. The predicted octanol–water partition coefficient (Wildman–Crippen LogP) is 3.15. The van der Waals surface area contributed by atoms with Gasteiger partial charge in [0.05, 0.1) is 12.7 Å². The number of terminal acetylenes is 1. The molecule has 25 heavy (non-hydrogen) atoms. The number of hydrogen-bond donors (Lipinski definition) is 1. The third-order valence-corrected chi connectivity index (χ3v) is 3.94. The normalized spacial score (nSPS) is 12.1. The van der Waals surface area contributed by atoms with Crippen LogP contribution in [0.15, 0.2) is 48.5 Å². The smallest absolute Gasteiger partial charge is 0.123 e. The number of rotatable bonds is 9. The van der Waals surface area contributed by atoms with E-state index in [1.807, 2.05) is 12.1 Å². The molecule has 1 atom stereocenters. The van der Waals surface area contributed by atoms with Gasteiger partial charge in [-0.3, -0.25) is 4.90 Å². The zero-order chi connectivity index (χ0) is 18.1. The number of ether oxygens (including phenoxy) is 1. The lowest BCUT2D eigenvalue weighted by Crippen LogP contribution is -2.34. The van der Waals surface area contributed by atoms with Crippen molar-refractivity contribution in [1.82, 2.24) is 4.90 Å². The van der Waals surface area contributed by atoms with Crippen molar-refractivity contribution in [3.63, 3.8) is 0 Å². The van der Waals surface area contributed by atoms with Gasteiger partial charge >= 0.3 is 0 Å². The number of benzene rings is 2. The molecule has 0 radical (unpaired) electrons. The Morgan fingerprint density at radius 1 is 1.16 bits per heavy atom. The lowest BCUT2D eigenvalue weighted by molar-refractivity contribution is 0.0243. The van der Waals surface area contributed by atoms with Gasteiger partial charge in [0, 0.05) is 19.6 Å². The zero-order valence-electron chi connectivity index (χ0n) is 14.5. The largest absolute Gasteiger partial charge is 0.389 e. The van der Waals surface area contributed by atoms with Crippen molar-refractivity contribution >= 4 is 0 Å². The number of aliphatic hydroxyl groups excluding tert-OH is 1. The molecule has 0 aliphatic carbocycles. The Balaban J connectivity index is 2.06. The summed E-state index contributed by atoms with van der Waals surface area (Å²) in [6.07, 6.45) is 4.51. The van der Waals surface area contributed by atoms with E-state index in [0.29, 0.717) is 19.6 Å². The molecule has 0 fully saturated rings. The van der Waals surface area contributed by atoms with Crippen LogP contribution in [0, 0.1) is 25.1 Å². The molecule has 132 valence electrons. The van der Waals surface area contributed by atoms with Gasteiger partial charge in [-0.15, -0.1) is 6.42 Å². The van der Waals surface area contributed by atoms with Crippen LogP contribution in [0.3, 0.4) is 0 Å². The summed E-state index contributed by atoms with van der Waals surface area (Å²) in [6.45, 7) is 4.19. The highest BCUT2D eigenvalue weighted by atomic mass is 19.1. The fourth-order valence-corrected chi connectivity index (χ4v) is 2.67. The van der Waals surface area contributed by atoms with Crippen LogP contribution in [0.4, 0.5) is 4.39 Å². The average molecular weight is 341 g/mol. The molecule has 1 N–H and O–H groups in total. The molecule has 0 aromatic heterocycles. The maximum Gasteiger partial charge on any atom is 0.123 e. The van der Waals surface area contributed by atoms with Crippen LogP contribution >= 0.6 is 0 Å². The molecular formula is C21H24FNO2. The quantitative estimate of drug-likeness (QED) is 0.562. The van der Waals surface area contributed by atoms with Gasteiger partial charge in [0.1, 0.15) is 12.4 Å². The summed E-state index contributed by atoms with van der Waals surface area (Å²) in [5.74, 6) is 2.13. The van der Waals surface area contributed by atoms with Gasteiger partial charge in [-0.25, -0.2) is 4.39 Å². The van der Waals surface area contributed by atoms with Crippen LogP contribution in [0.5, 0.6) is 0 Å². The molecule has 4 heteroatoms. The molecule has 0 aliphatic heterocycles. The monoisotopic (exact) mass is 341 g/mol. The maximum absolute atomic E-state index is 13.1. The third-order valence-electron chi connectivity index (χ3n) is 3.94. The number of aryl methyl sites for hydroxylation is 1. The van der Waals surface area contributed by atoms with E-state index in [-0.39, 0.29) is 19.0 Å². The summed E-state index contributed by atoms with van der Waals surface area (Å²) in [5.41, 5.74) is 3.39. The minimum Gasteiger partial charge on any atom is -0.389 e. The Hall–Kier alpha value is -2.19. The standard InChI is InChI=1S/C21H24FNO2/c1-3-12-25-16-21(24)15-23(13-18-8-10-20(22)11-9-18)14-19-7-5-4-6-17(19)2/h1,4-11,21,24H,12-16H2,2H3. The van der Waals surface area contributed by atoms with Gasteiger partial charge in [-0.2, -0.15) is 0 Å². The van der Waals surface area contributed by atoms with Gasteiger partial charge in [-0.1, -0.05) is 42.3 Å². The van der Waals surface area contributed by atoms with E-state index in [0.717, 1.165) is 5.56 Å². The number of nitrogens with zero attached hydrogens (tertiary/aromatic N) is 1. The Kier molecular flexibility index (Phi) is 7.62. The second-order valence-electron chi connectivity index (χ2n) is 6.10. The van der Waals surface area contributed by atoms with Crippen molar-refractivity contribution < 1.29 is 14.2 Å². The van der Waals surface area contributed by atoms with Crippen molar-refractivity contribution in [3.05, 3.63) is 71.0 Å². The topological polar surface area (TPSA) is 32.7 Å². The highest BCUT2D eigenvalue weighted by Gasteiger charge is 2.14. The van der Waals surface area contributed by atoms with Gasteiger partial charge in [-0.05, 0) is 35.7 Å². The fraction of sp³-hybridized carbons (Fsp3) is 0.333. The number of hydrogen-bond acceptors (Lipinski definition) is 3. The van der Waals surface area contributed by atoms with Crippen LogP contribution in [0.25, 0.3) is 0 Å². The van der Waals surface area contributed by atoms with Gasteiger partial charge in [0.25, 0.3) is 0 Å². The lowest BCUT2D eigenvalue weighted by atomic mass is 10.1. The third kappa shape index (κ3) is 6.67. The molecule has 0 aliphatic rings. The van der Waals surface area contributed by atoms with Crippen LogP contribution in [-0.4, -0.2) is 35.9 Å². The Labute approximate surface area is 149 Å². The average Bonchev–Trinajstić information content (AvgIpc) is 2.59. The first-order valence-corrected chi connectivity index (χ1v) is 8.29. The van der Waals surface area contributed by atoms with E-state index in [4.69, 9.17) is 11.2 Å². The summed E-state index contributed by atoms with van der Waals surface area (Å²) < 4.78 is 18.3. The molecular weight excluding hydrogens is 317 g/mol. The predicted molar refractivity (Wildman–Crippen MR) is 97.4 cm³/mol. The molecule has 0 amide bonds. The Bertz CT molecular complexity index is 694. The fourth-order valence-electron chi connectivity index (χ4n) is 2.67. The van der Waals surface area contributed by atoms with Gasteiger partial charge in [0.15, 0.2) is 0 Å².